The van der Waals surface area contributed by atoms with Crippen molar-refractivity contribution in [3.63, 3.8) is 0 Å². The molecule has 98 valence electrons. The van der Waals surface area contributed by atoms with E-state index >= 15 is 0 Å². The van der Waals surface area contributed by atoms with E-state index in [9.17, 15) is 10.1 Å². The predicted molar refractivity (Wildman–Crippen MR) is 70.0 cm³/mol. The summed E-state index contributed by atoms with van der Waals surface area (Å²) in [5.74, 6) is 0.887. The summed E-state index contributed by atoms with van der Waals surface area (Å²) < 4.78 is 5.59. The zero-order valence-electron chi connectivity index (χ0n) is 10.3. The molecule has 19 heavy (non-hydrogen) atoms. The van der Waals surface area contributed by atoms with Gasteiger partial charge in [0, 0.05) is 29.9 Å². The Morgan fingerprint density at radius 1 is 1.32 bits per heavy atom. The van der Waals surface area contributed by atoms with Crippen LogP contribution in [0.2, 0.25) is 0 Å². The van der Waals surface area contributed by atoms with Crippen molar-refractivity contribution in [1.29, 1.82) is 0 Å². The van der Waals surface area contributed by atoms with Gasteiger partial charge in [0.15, 0.2) is 0 Å². The number of non-ortho nitro benzene ring substituents is 1. The molecule has 0 radical (unpaired) electrons. The lowest BCUT2D eigenvalue weighted by atomic mass is 10.1. The summed E-state index contributed by atoms with van der Waals surface area (Å²) in [6.07, 6.45) is 1.60. The van der Waals surface area contributed by atoms with Crippen LogP contribution in [0.4, 0.5) is 5.69 Å². The smallest absolute Gasteiger partial charge is 0.269 e. The summed E-state index contributed by atoms with van der Waals surface area (Å²) in [7, 11) is 0. The molecule has 0 aliphatic rings. The van der Waals surface area contributed by atoms with Crippen LogP contribution in [0.15, 0.2) is 42.6 Å². The second kappa shape index (κ2) is 5.45. The molecule has 0 fully saturated rings. The van der Waals surface area contributed by atoms with Gasteiger partial charge in [0.2, 0.25) is 5.88 Å². The van der Waals surface area contributed by atoms with Gasteiger partial charge in [-0.1, -0.05) is 6.07 Å². The van der Waals surface area contributed by atoms with Gasteiger partial charge in [-0.3, -0.25) is 10.1 Å². The zero-order chi connectivity index (χ0) is 13.8. The van der Waals surface area contributed by atoms with Crippen molar-refractivity contribution in [2.24, 2.45) is 5.73 Å². The Hall–Kier alpha value is -2.47. The van der Waals surface area contributed by atoms with Crippen LogP contribution in [0.5, 0.6) is 11.6 Å². The SMILES string of the molecule is CC(N)c1cccnc1Oc1ccc([N+](=O)[O-])cc1. The highest BCUT2D eigenvalue weighted by Gasteiger charge is 2.11. The molecule has 2 rings (SSSR count). The summed E-state index contributed by atoms with van der Waals surface area (Å²) in [6, 6.07) is 9.21. The lowest BCUT2D eigenvalue weighted by Gasteiger charge is -2.11. The van der Waals surface area contributed by atoms with Crippen molar-refractivity contribution in [3.05, 3.63) is 58.3 Å². The van der Waals surface area contributed by atoms with E-state index in [2.05, 4.69) is 4.98 Å². The molecule has 0 saturated carbocycles. The molecule has 0 amide bonds. The van der Waals surface area contributed by atoms with Crippen molar-refractivity contribution in [2.75, 3.05) is 0 Å². The number of ether oxygens (including phenoxy) is 1. The first kappa shape index (κ1) is 13.0. The number of aromatic nitrogens is 1. The van der Waals surface area contributed by atoms with E-state index in [1.165, 1.54) is 24.3 Å². The van der Waals surface area contributed by atoms with Crippen LogP contribution in [0, 0.1) is 10.1 Å². The number of nitrogens with zero attached hydrogens (tertiary/aromatic N) is 2. The standard InChI is InChI=1S/C13H13N3O3/c1-9(14)12-3-2-8-15-13(12)19-11-6-4-10(5-7-11)16(17)18/h2-9H,14H2,1H3. The van der Waals surface area contributed by atoms with E-state index in [1.807, 2.05) is 13.0 Å². The molecule has 0 saturated heterocycles. The average Bonchev–Trinajstić information content (AvgIpc) is 2.39. The molecule has 6 nitrogen and oxygen atoms in total. The molecule has 1 atom stereocenters. The second-order valence-corrected chi connectivity index (χ2v) is 4.04. The normalized spacial score (nSPS) is 11.9. The Morgan fingerprint density at radius 2 is 2.00 bits per heavy atom. The van der Waals surface area contributed by atoms with Gasteiger partial charge in [0.05, 0.1) is 4.92 Å². The number of nitro benzene ring substituents is 1. The summed E-state index contributed by atoms with van der Waals surface area (Å²) in [5, 5.41) is 10.5. The van der Waals surface area contributed by atoms with Gasteiger partial charge >= 0.3 is 0 Å². The summed E-state index contributed by atoms with van der Waals surface area (Å²) in [5.41, 5.74) is 6.62. The van der Waals surface area contributed by atoms with Crippen molar-refractivity contribution in [2.45, 2.75) is 13.0 Å². The minimum atomic E-state index is -0.460. The number of rotatable bonds is 4. The highest BCUT2D eigenvalue weighted by molar-refractivity contribution is 5.39. The number of hydrogen-bond acceptors (Lipinski definition) is 5. The fraction of sp³-hybridized carbons (Fsp3) is 0.154. The van der Waals surface area contributed by atoms with Gasteiger partial charge in [0.1, 0.15) is 5.75 Å². The third-order valence-corrected chi connectivity index (χ3v) is 2.55. The van der Waals surface area contributed by atoms with Crippen molar-refractivity contribution < 1.29 is 9.66 Å². The Labute approximate surface area is 110 Å². The van der Waals surface area contributed by atoms with Crippen LogP contribution in [0.1, 0.15) is 18.5 Å². The molecular weight excluding hydrogens is 246 g/mol. The lowest BCUT2D eigenvalue weighted by molar-refractivity contribution is -0.384. The van der Waals surface area contributed by atoms with Crippen molar-refractivity contribution >= 4 is 5.69 Å². The highest BCUT2D eigenvalue weighted by Crippen LogP contribution is 2.27. The maximum Gasteiger partial charge on any atom is 0.269 e. The van der Waals surface area contributed by atoms with Gasteiger partial charge in [-0.05, 0) is 25.1 Å². The first-order valence-electron chi connectivity index (χ1n) is 5.70. The number of pyridine rings is 1. The van der Waals surface area contributed by atoms with E-state index in [0.717, 1.165) is 5.56 Å². The van der Waals surface area contributed by atoms with Crippen LogP contribution in [-0.2, 0) is 0 Å². The van der Waals surface area contributed by atoms with Crippen LogP contribution in [0.25, 0.3) is 0 Å². The molecule has 1 aromatic heterocycles. The number of nitrogens with two attached hydrogens (primary N) is 1. The molecule has 1 heterocycles. The topological polar surface area (TPSA) is 91.3 Å². The van der Waals surface area contributed by atoms with Crippen molar-refractivity contribution in [1.82, 2.24) is 4.98 Å². The fourth-order valence-electron chi connectivity index (χ4n) is 1.58. The maximum atomic E-state index is 10.5. The molecule has 2 aromatic rings. The van der Waals surface area contributed by atoms with E-state index < -0.39 is 4.92 Å². The van der Waals surface area contributed by atoms with E-state index in [4.69, 9.17) is 10.5 Å². The molecule has 0 aliphatic heterocycles. The quantitative estimate of drug-likeness (QED) is 0.673. The monoisotopic (exact) mass is 259 g/mol. The molecule has 2 N–H and O–H groups in total. The Morgan fingerprint density at radius 3 is 2.58 bits per heavy atom. The molecular formula is C13H13N3O3. The van der Waals surface area contributed by atoms with E-state index in [-0.39, 0.29) is 11.7 Å². The minimum Gasteiger partial charge on any atom is -0.439 e. The van der Waals surface area contributed by atoms with Crippen molar-refractivity contribution in [3.8, 4) is 11.6 Å². The first-order valence-corrected chi connectivity index (χ1v) is 5.70. The van der Waals surface area contributed by atoms with Gasteiger partial charge < -0.3 is 10.5 Å². The van der Waals surface area contributed by atoms with Crippen LogP contribution < -0.4 is 10.5 Å². The number of hydrogen-bond donors (Lipinski definition) is 1. The zero-order valence-corrected chi connectivity index (χ0v) is 10.3. The summed E-state index contributed by atoms with van der Waals surface area (Å²) >= 11 is 0. The predicted octanol–water partition coefficient (Wildman–Crippen LogP) is 2.80. The fourth-order valence-corrected chi connectivity index (χ4v) is 1.58. The van der Waals surface area contributed by atoms with E-state index in [0.29, 0.717) is 11.6 Å². The number of nitro groups is 1. The third kappa shape index (κ3) is 3.05. The summed E-state index contributed by atoms with van der Waals surface area (Å²) in [4.78, 5) is 14.2. The Kier molecular flexibility index (Phi) is 3.72. The number of benzene rings is 1. The molecule has 0 aliphatic carbocycles. The highest BCUT2D eigenvalue weighted by atomic mass is 16.6. The van der Waals surface area contributed by atoms with E-state index in [1.54, 1.807) is 12.3 Å². The first-order chi connectivity index (χ1) is 9.08. The van der Waals surface area contributed by atoms with Crippen LogP contribution in [0.3, 0.4) is 0 Å². The molecule has 0 spiro atoms. The van der Waals surface area contributed by atoms with Gasteiger partial charge in [-0.2, -0.15) is 0 Å². The molecule has 1 unspecified atom stereocenters. The molecule has 0 bridgehead atoms. The second-order valence-electron chi connectivity index (χ2n) is 4.04. The third-order valence-electron chi connectivity index (χ3n) is 2.55. The van der Waals surface area contributed by atoms with Gasteiger partial charge in [0.25, 0.3) is 5.69 Å². The minimum absolute atomic E-state index is 0.0146. The maximum absolute atomic E-state index is 10.5. The lowest BCUT2D eigenvalue weighted by Crippen LogP contribution is -2.07. The molecule has 6 heteroatoms. The molecule has 1 aromatic carbocycles. The van der Waals surface area contributed by atoms with Gasteiger partial charge in [-0.25, -0.2) is 4.98 Å². The van der Waals surface area contributed by atoms with Crippen LogP contribution in [-0.4, -0.2) is 9.91 Å². The Balaban J connectivity index is 2.24. The Bertz CT molecular complexity index is 582. The van der Waals surface area contributed by atoms with Gasteiger partial charge in [-0.15, -0.1) is 0 Å². The van der Waals surface area contributed by atoms with Crippen LogP contribution >= 0.6 is 0 Å². The largest absolute Gasteiger partial charge is 0.439 e. The average molecular weight is 259 g/mol. The summed E-state index contributed by atoms with van der Waals surface area (Å²) in [6.45, 7) is 1.83.